The maximum atomic E-state index is 3.37. The SMILES string of the molecule is ICNC1CCNC1. The molecule has 0 saturated carbocycles. The average molecular weight is 226 g/mol. The number of halogens is 1. The van der Waals surface area contributed by atoms with Gasteiger partial charge in [-0.2, -0.15) is 0 Å². The summed E-state index contributed by atoms with van der Waals surface area (Å²) in [5, 5.41) is 6.66. The minimum atomic E-state index is 0.742. The van der Waals surface area contributed by atoms with Crippen molar-refractivity contribution in [2.24, 2.45) is 0 Å². The number of rotatable bonds is 2. The molecule has 1 aliphatic heterocycles. The molecule has 48 valence electrons. The topological polar surface area (TPSA) is 24.1 Å². The first-order valence-corrected chi connectivity index (χ1v) is 4.46. The van der Waals surface area contributed by atoms with Crippen LogP contribution in [0.15, 0.2) is 0 Å². The Hall–Kier alpha value is 0.650. The summed E-state index contributed by atoms with van der Waals surface area (Å²) in [4.78, 5) is 0. The Kier molecular flexibility index (Phi) is 3.07. The standard InChI is InChI=1S/C5H11IN2/c6-4-8-5-1-2-7-3-5/h5,7-8H,1-4H2. The molecule has 2 nitrogen and oxygen atoms in total. The highest BCUT2D eigenvalue weighted by atomic mass is 127. The summed E-state index contributed by atoms with van der Waals surface area (Å²) in [6, 6.07) is 0.742. The second-order valence-corrected chi connectivity index (χ2v) is 2.79. The van der Waals surface area contributed by atoms with Crippen LogP contribution in [0.25, 0.3) is 0 Å². The molecule has 0 aliphatic carbocycles. The van der Waals surface area contributed by atoms with Gasteiger partial charge >= 0.3 is 0 Å². The van der Waals surface area contributed by atoms with Crippen molar-refractivity contribution in [1.29, 1.82) is 0 Å². The van der Waals surface area contributed by atoms with E-state index in [9.17, 15) is 0 Å². The molecule has 0 aromatic heterocycles. The van der Waals surface area contributed by atoms with E-state index in [1.165, 1.54) is 13.0 Å². The van der Waals surface area contributed by atoms with E-state index in [1.54, 1.807) is 0 Å². The van der Waals surface area contributed by atoms with Crippen LogP contribution in [-0.2, 0) is 0 Å². The van der Waals surface area contributed by atoms with Crippen molar-refractivity contribution in [3.05, 3.63) is 0 Å². The molecule has 1 rings (SSSR count). The predicted octanol–water partition coefficient (Wildman–Crippen LogP) is 0.330. The zero-order valence-corrected chi connectivity index (χ0v) is 6.94. The third-order valence-corrected chi connectivity index (χ3v) is 1.87. The molecule has 0 bridgehead atoms. The molecule has 2 N–H and O–H groups in total. The zero-order chi connectivity index (χ0) is 5.82. The average Bonchev–Trinajstić information content (AvgIpc) is 2.19. The monoisotopic (exact) mass is 226 g/mol. The Morgan fingerprint density at radius 1 is 1.75 bits per heavy atom. The zero-order valence-electron chi connectivity index (χ0n) is 4.78. The van der Waals surface area contributed by atoms with Gasteiger partial charge < -0.3 is 10.6 Å². The van der Waals surface area contributed by atoms with Crippen molar-refractivity contribution < 1.29 is 0 Å². The first kappa shape index (κ1) is 6.77. The normalized spacial score (nSPS) is 28.9. The van der Waals surface area contributed by atoms with Gasteiger partial charge in [-0.3, -0.25) is 0 Å². The van der Waals surface area contributed by atoms with Crippen molar-refractivity contribution in [2.45, 2.75) is 12.5 Å². The lowest BCUT2D eigenvalue weighted by atomic mass is 10.3. The molecule has 3 heteroatoms. The highest BCUT2D eigenvalue weighted by Crippen LogP contribution is 1.96. The van der Waals surface area contributed by atoms with Gasteiger partial charge in [-0.25, -0.2) is 0 Å². The molecule has 0 radical (unpaired) electrons. The fourth-order valence-corrected chi connectivity index (χ4v) is 1.56. The molecule has 1 atom stereocenters. The Morgan fingerprint density at radius 2 is 2.62 bits per heavy atom. The van der Waals surface area contributed by atoms with E-state index in [1.807, 2.05) is 0 Å². The largest absolute Gasteiger partial charge is 0.315 e. The maximum Gasteiger partial charge on any atom is 0.0482 e. The third kappa shape index (κ3) is 1.87. The highest BCUT2D eigenvalue weighted by molar-refractivity contribution is 14.1. The van der Waals surface area contributed by atoms with E-state index >= 15 is 0 Å². The Balaban J connectivity index is 2.06. The van der Waals surface area contributed by atoms with Crippen LogP contribution in [0, 0.1) is 0 Å². The molecule has 0 aromatic rings. The minimum Gasteiger partial charge on any atom is -0.315 e. The lowest BCUT2D eigenvalue weighted by molar-refractivity contribution is 0.606. The number of hydrogen-bond donors (Lipinski definition) is 2. The number of alkyl halides is 1. The molecule has 1 unspecified atom stereocenters. The van der Waals surface area contributed by atoms with E-state index in [4.69, 9.17) is 0 Å². The number of hydrogen-bond acceptors (Lipinski definition) is 2. The van der Waals surface area contributed by atoms with Crippen molar-refractivity contribution in [1.82, 2.24) is 10.6 Å². The molecule has 0 aromatic carbocycles. The molecule has 0 amide bonds. The van der Waals surface area contributed by atoms with E-state index in [2.05, 4.69) is 33.2 Å². The molecule has 1 heterocycles. The van der Waals surface area contributed by atoms with Gasteiger partial charge in [0, 0.05) is 17.1 Å². The van der Waals surface area contributed by atoms with Gasteiger partial charge in [0.15, 0.2) is 0 Å². The highest BCUT2D eigenvalue weighted by Gasteiger charge is 2.11. The van der Waals surface area contributed by atoms with E-state index in [0.717, 1.165) is 17.1 Å². The summed E-state index contributed by atoms with van der Waals surface area (Å²) >= 11 is 2.34. The van der Waals surface area contributed by atoms with Crippen molar-refractivity contribution in [3.8, 4) is 0 Å². The Labute approximate surface area is 63.6 Å². The van der Waals surface area contributed by atoms with Gasteiger partial charge in [-0.05, 0) is 13.0 Å². The first-order valence-electron chi connectivity index (χ1n) is 2.93. The lowest BCUT2D eigenvalue weighted by Crippen LogP contribution is -2.29. The van der Waals surface area contributed by atoms with E-state index in [0.29, 0.717) is 0 Å². The van der Waals surface area contributed by atoms with Crippen LogP contribution < -0.4 is 10.6 Å². The Bertz CT molecular complexity index is 61.4. The second-order valence-electron chi connectivity index (χ2n) is 2.03. The first-order chi connectivity index (χ1) is 3.93. The fraction of sp³-hybridized carbons (Fsp3) is 1.00. The summed E-state index contributed by atoms with van der Waals surface area (Å²) < 4.78 is 1.07. The Morgan fingerprint density at radius 3 is 3.12 bits per heavy atom. The van der Waals surface area contributed by atoms with Crippen LogP contribution >= 0.6 is 22.6 Å². The van der Waals surface area contributed by atoms with Gasteiger partial charge in [-0.1, -0.05) is 22.6 Å². The van der Waals surface area contributed by atoms with Gasteiger partial charge in [0.25, 0.3) is 0 Å². The lowest BCUT2D eigenvalue weighted by Gasteiger charge is -2.05. The van der Waals surface area contributed by atoms with Crippen LogP contribution in [-0.4, -0.2) is 23.7 Å². The van der Waals surface area contributed by atoms with Crippen LogP contribution in [0.5, 0.6) is 0 Å². The molecule has 8 heavy (non-hydrogen) atoms. The second kappa shape index (κ2) is 3.63. The van der Waals surface area contributed by atoms with Gasteiger partial charge in [0.1, 0.15) is 0 Å². The summed E-state index contributed by atoms with van der Waals surface area (Å²) in [6.45, 7) is 2.34. The molecule has 1 fully saturated rings. The van der Waals surface area contributed by atoms with E-state index < -0.39 is 0 Å². The van der Waals surface area contributed by atoms with Gasteiger partial charge in [0.2, 0.25) is 0 Å². The number of nitrogens with one attached hydrogen (secondary N) is 2. The van der Waals surface area contributed by atoms with Crippen molar-refractivity contribution in [2.75, 3.05) is 17.6 Å². The smallest absolute Gasteiger partial charge is 0.0482 e. The molecule has 1 saturated heterocycles. The summed E-state index contributed by atoms with van der Waals surface area (Å²) in [7, 11) is 0. The quantitative estimate of drug-likeness (QED) is 0.403. The molecule has 1 aliphatic rings. The maximum absolute atomic E-state index is 3.37. The molecular formula is C5H11IN2. The summed E-state index contributed by atoms with van der Waals surface area (Å²) in [5.74, 6) is 0. The summed E-state index contributed by atoms with van der Waals surface area (Å²) in [5.41, 5.74) is 0. The van der Waals surface area contributed by atoms with Gasteiger partial charge in [-0.15, -0.1) is 0 Å². The molecular weight excluding hydrogens is 215 g/mol. The van der Waals surface area contributed by atoms with E-state index in [-0.39, 0.29) is 0 Å². The van der Waals surface area contributed by atoms with Crippen LogP contribution in [0.4, 0.5) is 0 Å². The molecule has 0 spiro atoms. The van der Waals surface area contributed by atoms with Crippen molar-refractivity contribution >= 4 is 22.6 Å². The fourth-order valence-electron chi connectivity index (χ4n) is 0.938. The summed E-state index contributed by atoms with van der Waals surface area (Å²) in [6.07, 6.45) is 1.29. The minimum absolute atomic E-state index is 0.742. The predicted molar refractivity (Wildman–Crippen MR) is 43.3 cm³/mol. The van der Waals surface area contributed by atoms with Crippen LogP contribution in [0.3, 0.4) is 0 Å². The van der Waals surface area contributed by atoms with Crippen LogP contribution in [0.1, 0.15) is 6.42 Å². The third-order valence-electron chi connectivity index (χ3n) is 1.43. The van der Waals surface area contributed by atoms with Crippen LogP contribution in [0.2, 0.25) is 0 Å². The van der Waals surface area contributed by atoms with Crippen molar-refractivity contribution in [3.63, 3.8) is 0 Å². The van der Waals surface area contributed by atoms with Gasteiger partial charge in [0.05, 0.1) is 0 Å².